The molecule has 4 rings (SSSR count). The molecule has 1 amide bonds. The second-order valence-electron chi connectivity index (χ2n) is 7.14. The Morgan fingerprint density at radius 3 is 2.71 bits per heavy atom. The predicted octanol–water partition coefficient (Wildman–Crippen LogP) is 2.76. The summed E-state index contributed by atoms with van der Waals surface area (Å²) >= 11 is 0. The van der Waals surface area contributed by atoms with Crippen molar-refractivity contribution in [2.45, 2.75) is 25.8 Å². The van der Waals surface area contributed by atoms with Gasteiger partial charge in [0.25, 0.3) is 5.91 Å². The molecule has 7 heteroatoms. The highest BCUT2D eigenvalue weighted by molar-refractivity contribution is 6.06. The Kier molecular flexibility index (Phi) is 5.02. The summed E-state index contributed by atoms with van der Waals surface area (Å²) in [4.78, 5) is 22.0. The van der Waals surface area contributed by atoms with Gasteiger partial charge in [0.05, 0.1) is 17.1 Å². The summed E-state index contributed by atoms with van der Waals surface area (Å²) in [5.41, 5.74) is 9.83. The molecule has 1 aliphatic rings. The third kappa shape index (κ3) is 3.72. The van der Waals surface area contributed by atoms with Crippen molar-refractivity contribution in [3.63, 3.8) is 0 Å². The molecule has 3 heterocycles. The lowest BCUT2D eigenvalue weighted by atomic mass is 10.00. The first kappa shape index (κ1) is 18.5. The number of carbonyl (C=O) groups excluding carboxylic acids is 1. The molecule has 2 aromatic heterocycles. The number of fused-ring (bicyclic) bond motifs is 1. The van der Waals surface area contributed by atoms with Crippen LogP contribution in [0.3, 0.4) is 0 Å². The van der Waals surface area contributed by atoms with Gasteiger partial charge in [0.2, 0.25) is 0 Å². The van der Waals surface area contributed by atoms with Gasteiger partial charge in [-0.2, -0.15) is 0 Å². The average Bonchev–Trinajstić information content (AvgIpc) is 3.22. The Balaban J connectivity index is 1.69. The van der Waals surface area contributed by atoms with E-state index in [1.807, 2.05) is 26.0 Å². The van der Waals surface area contributed by atoms with Crippen LogP contribution in [0.4, 0.5) is 4.39 Å². The minimum Gasteiger partial charge on any atom is -0.345 e. The maximum atomic E-state index is 13.9. The summed E-state index contributed by atoms with van der Waals surface area (Å²) in [6, 6.07) is 9.75. The smallest absolute Gasteiger partial charge is 0.252 e. The molecule has 28 heavy (non-hydrogen) atoms. The molecule has 0 saturated carbocycles. The van der Waals surface area contributed by atoms with Crippen molar-refractivity contribution in [2.75, 3.05) is 13.1 Å². The van der Waals surface area contributed by atoms with E-state index < -0.39 is 5.82 Å². The third-order valence-electron chi connectivity index (χ3n) is 5.06. The van der Waals surface area contributed by atoms with Crippen LogP contribution in [0.15, 0.2) is 42.6 Å². The summed E-state index contributed by atoms with van der Waals surface area (Å²) in [6.45, 7) is 5.28. The van der Waals surface area contributed by atoms with Crippen LogP contribution in [0.25, 0.3) is 10.9 Å². The fourth-order valence-corrected chi connectivity index (χ4v) is 3.38. The molecule has 3 aromatic rings. The fourth-order valence-electron chi connectivity index (χ4n) is 3.38. The molecule has 0 aliphatic carbocycles. The van der Waals surface area contributed by atoms with Crippen LogP contribution >= 0.6 is 0 Å². The van der Waals surface area contributed by atoms with Crippen molar-refractivity contribution in [3.05, 3.63) is 70.9 Å². The van der Waals surface area contributed by atoms with Crippen LogP contribution in [0.5, 0.6) is 0 Å². The normalized spacial score (nSPS) is 15.7. The molecule has 0 bridgehead atoms. The van der Waals surface area contributed by atoms with E-state index in [-0.39, 0.29) is 17.9 Å². The van der Waals surface area contributed by atoms with Crippen molar-refractivity contribution >= 4 is 16.8 Å². The van der Waals surface area contributed by atoms with Gasteiger partial charge in [-0.05, 0) is 49.7 Å². The van der Waals surface area contributed by atoms with Gasteiger partial charge in [0.15, 0.2) is 0 Å². The summed E-state index contributed by atoms with van der Waals surface area (Å²) in [6.07, 6.45) is 1.76. The van der Waals surface area contributed by atoms with E-state index in [4.69, 9.17) is 0 Å². The van der Waals surface area contributed by atoms with Gasteiger partial charge in [-0.15, -0.1) is 0 Å². The number of nitrogens with zero attached hydrogens (tertiary/aromatic N) is 2. The van der Waals surface area contributed by atoms with Gasteiger partial charge in [-0.25, -0.2) is 4.39 Å². The number of amides is 1. The number of aromatic nitrogens is 2. The van der Waals surface area contributed by atoms with Crippen LogP contribution in [-0.2, 0) is 0 Å². The number of aryl methyl sites for hydroxylation is 1. The van der Waals surface area contributed by atoms with Crippen LogP contribution in [-0.4, -0.2) is 29.0 Å². The van der Waals surface area contributed by atoms with Gasteiger partial charge in [0.1, 0.15) is 5.82 Å². The van der Waals surface area contributed by atoms with Crippen molar-refractivity contribution in [2.24, 2.45) is 0 Å². The molecular formula is C21H22FN5O. The molecule has 1 unspecified atom stereocenters. The van der Waals surface area contributed by atoms with E-state index in [0.717, 1.165) is 30.0 Å². The molecule has 1 fully saturated rings. The van der Waals surface area contributed by atoms with Crippen molar-refractivity contribution < 1.29 is 9.18 Å². The van der Waals surface area contributed by atoms with E-state index >= 15 is 0 Å². The zero-order valence-corrected chi connectivity index (χ0v) is 15.8. The zero-order chi connectivity index (χ0) is 19.7. The number of hydrogen-bond donors (Lipinski definition) is 3. The lowest BCUT2D eigenvalue weighted by Crippen LogP contribution is -2.27. The number of hydrogen-bond acceptors (Lipinski definition) is 5. The molecule has 1 saturated heterocycles. The van der Waals surface area contributed by atoms with Crippen LogP contribution < -0.4 is 16.2 Å². The number of nitrogens with one attached hydrogen (secondary N) is 3. The molecular weight excluding hydrogens is 357 g/mol. The highest BCUT2D eigenvalue weighted by Crippen LogP contribution is 2.25. The van der Waals surface area contributed by atoms with Gasteiger partial charge in [-0.3, -0.25) is 25.6 Å². The first-order valence-corrected chi connectivity index (χ1v) is 9.30. The fraction of sp³-hybridized carbons (Fsp3) is 0.286. The number of rotatable bonds is 4. The minimum absolute atomic E-state index is 0.153. The first-order valence-electron chi connectivity index (χ1n) is 9.30. The Bertz CT molecular complexity index is 1020. The molecule has 1 aromatic carbocycles. The quantitative estimate of drug-likeness (QED) is 0.650. The maximum absolute atomic E-state index is 13.9. The highest BCUT2D eigenvalue weighted by atomic mass is 19.1. The Morgan fingerprint density at radius 2 is 2.00 bits per heavy atom. The summed E-state index contributed by atoms with van der Waals surface area (Å²) in [7, 11) is 0. The Hall–Kier alpha value is -2.90. The summed E-state index contributed by atoms with van der Waals surface area (Å²) in [5, 5.41) is 3.51. The molecule has 0 radical (unpaired) electrons. The number of carbonyl (C=O) groups is 1. The Labute approximate surface area is 162 Å². The van der Waals surface area contributed by atoms with E-state index in [9.17, 15) is 9.18 Å². The molecule has 0 spiro atoms. The van der Waals surface area contributed by atoms with Gasteiger partial charge >= 0.3 is 0 Å². The SMILES string of the molecule is Cc1ccc(C(C)NC(=O)c2cc(C3CNNC3)nc3ccc(F)cc23)cn1. The second-order valence-corrected chi connectivity index (χ2v) is 7.14. The standard InChI is InChI=1S/C21H22FN5O/c1-12-3-4-14(9-23-12)13(2)26-21(28)18-8-20(15-10-24-25-11-15)27-19-6-5-16(22)7-17(18)19/h3-9,13,15,24-25H,10-11H2,1-2H3,(H,26,28). The number of benzene rings is 1. The van der Waals surface area contributed by atoms with Crippen molar-refractivity contribution in [3.8, 4) is 0 Å². The first-order chi connectivity index (χ1) is 13.5. The lowest BCUT2D eigenvalue weighted by Gasteiger charge is -2.17. The average molecular weight is 379 g/mol. The van der Waals surface area contributed by atoms with E-state index in [1.54, 1.807) is 18.3 Å². The minimum atomic E-state index is -0.393. The Morgan fingerprint density at radius 1 is 1.21 bits per heavy atom. The maximum Gasteiger partial charge on any atom is 0.252 e. The lowest BCUT2D eigenvalue weighted by molar-refractivity contribution is 0.0941. The molecule has 1 atom stereocenters. The molecule has 144 valence electrons. The van der Waals surface area contributed by atoms with Gasteiger partial charge < -0.3 is 5.32 Å². The van der Waals surface area contributed by atoms with Gasteiger partial charge in [-0.1, -0.05) is 6.07 Å². The monoisotopic (exact) mass is 379 g/mol. The van der Waals surface area contributed by atoms with Crippen molar-refractivity contribution in [1.29, 1.82) is 0 Å². The molecule has 3 N–H and O–H groups in total. The largest absolute Gasteiger partial charge is 0.345 e. The van der Waals surface area contributed by atoms with Crippen molar-refractivity contribution in [1.82, 2.24) is 26.1 Å². The number of hydrazine groups is 1. The molecule has 6 nitrogen and oxygen atoms in total. The van der Waals surface area contributed by atoms with Crippen LogP contribution in [0, 0.1) is 12.7 Å². The zero-order valence-electron chi connectivity index (χ0n) is 15.8. The second kappa shape index (κ2) is 7.61. The van der Waals surface area contributed by atoms with E-state index in [0.29, 0.717) is 16.5 Å². The summed E-state index contributed by atoms with van der Waals surface area (Å²) < 4.78 is 13.9. The summed E-state index contributed by atoms with van der Waals surface area (Å²) in [5.74, 6) is -0.498. The van der Waals surface area contributed by atoms with Crippen LogP contribution in [0.2, 0.25) is 0 Å². The number of pyridine rings is 2. The number of halogens is 1. The van der Waals surface area contributed by atoms with Crippen LogP contribution in [0.1, 0.15) is 46.2 Å². The topological polar surface area (TPSA) is 78.9 Å². The third-order valence-corrected chi connectivity index (χ3v) is 5.06. The van der Waals surface area contributed by atoms with Gasteiger partial charge in [0, 0.05) is 42.0 Å². The highest BCUT2D eigenvalue weighted by Gasteiger charge is 2.22. The van der Waals surface area contributed by atoms with E-state index in [2.05, 4.69) is 26.1 Å². The van der Waals surface area contributed by atoms with E-state index in [1.165, 1.54) is 12.1 Å². The predicted molar refractivity (Wildman–Crippen MR) is 105 cm³/mol. The molecule has 1 aliphatic heterocycles.